The van der Waals surface area contributed by atoms with Crippen LogP contribution >= 0.6 is 0 Å². The summed E-state index contributed by atoms with van der Waals surface area (Å²) in [6, 6.07) is 7.00. The van der Waals surface area contributed by atoms with E-state index in [2.05, 4.69) is 21.9 Å². The first-order chi connectivity index (χ1) is 16.0. The maximum atomic E-state index is 11.9. The quantitative estimate of drug-likeness (QED) is 0.350. The molecule has 33 heavy (non-hydrogen) atoms. The molecular weight excluding hydrogens is 422 g/mol. The van der Waals surface area contributed by atoms with E-state index < -0.39 is 12.1 Å². The highest BCUT2D eigenvalue weighted by molar-refractivity contribution is 6.09. The Labute approximate surface area is 190 Å². The third-order valence-corrected chi connectivity index (χ3v) is 6.37. The van der Waals surface area contributed by atoms with Crippen molar-refractivity contribution in [2.45, 2.75) is 37.7 Å². The molecule has 1 fully saturated rings. The van der Waals surface area contributed by atoms with Crippen LogP contribution in [0.1, 0.15) is 64.2 Å². The van der Waals surface area contributed by atoms with Gasteiger partial charge in [0.05, 0.1) is 29.9 Å². The van der Waals surface area contributed by atoms with Gasteiger partial charge in [-0.2, -0.15) is 0 Å². The van der Waals surface area contributed by atoms with Gasteiger partial charge in [-0.25, -0.2) is 9.79 Å². The molecule has 3 aromatic rings. The molecule has 3 N–H and O–H groups in total. The molecule has 1 saturated carbocycles. The number of fused-ring (bicyclic) bond motifs is 3. The van der Waals surface area contributed by atoms with Gasteiger partial charge in [0.25, 0.3) is 0 Å². The summed E-state index contributed by atoms with van der Waals surface area (Å²) in [4.78, 5) is 20.4. The van der Waals surface area contributed by atoms with Gasteiger partial charge in [-0.15, -0.1) is 0 Å². The van der Waals surface area contributed by atoms with Crippen molar-refractivity contribution in [2.75, 3.05) is 14.2 Å². The summed E-state index contributed by atoms with van der Waals surface area (Å²) in [7, 11) is 2.96. The Hall–Kier alpha value is -3.72. The number of benzene rings is 1. The van der Waals surface area contributed by atoms with Gasteiger partial charge in [0.2, 0.25) is 0 Å². The van der Waals surface area contributed by atoms with E-state index >= 15 is 0 Å². The molecule has 9 heteroatoms. The molecule has 170 valence electrons. The van der Waals surface area contributed by atoms with Crippen LogP contribution in [0.25, 0.3) is 16.9 Å². The zero-order chi connectivity index (χ0) is 23.3. The number of carbonyl (C=O) groups excluding carboxylic acids is 1. The number of amidine groups is 1. The van der Waals surface area contributed by atoms with Crippen molar-refractivity contribution in [3.05, 3.63) is 52.4 Å². The van der Waals surface area contributed by atoms with Crippen LogP contribution in [0.4, 0.5) is 5.82 Å². The third-order valence-electron chi connectivity index (χ3n) is 6.37. The molecule has 2 aromatic heterocycles. The number of esters is 1. The number of carbonyl (C=O) groups is 1. The monoisotopic (exact) mass is 447 g/mol. The van der Waals surface area contributed by atoms with Gasteiger partial charge in [0.1, 0.15) is 23.1 Å². The Balaban J connectivity index is 1.79. The van der Waals surface area contributed by atoms with Gasteiger partial charge in [0, 0.05) is 29.9 Å². The predicted octanol–water partition coefficient (Wildman–Crippen LogP) is 3.44. The molecule has 1 atom stereocenters. The van der Waals surface area contributed by atoms with Crippen molar-refractivity contribution < 1.29 is 19.2 Å². The number of nitrogens with zero attached hydrogens (tertiary/aromatic N) is 4. The van der Waals surface area contributed by atoms with E-state index in [9.17, 15) is 9.90 Å². The summed E-state index contributed by atoms with van der Waals surface area (Å²) in [6.45, 7) is 3.79. The molecule has 0 spiro atoms. The van der Waals surface area contributed by atoms with Crippen molar-refractivity contribution >= 4 is 24.3 Å². The minimum Gasteiger partial charge on any atom is -0.465 e. The Morgan fingerprint density at radius 3 is 2.64 bits per heavy atom. The molecule has 2 aliphatic carbocycles. The number of ether oxygens (including phenoxy) is 1. The molecule has 2 aliphatic rings. The van der Waals surface area contributed by atoms with E-state index in [1.165, 1.54) is 7.11 Å². The van der Waals surface area contributed by atoms with Crippen LogP contribution in [-0.2, 0) is 11.2 Å². The average molecular weight is 447 g/mol. The second kappa shape index (κ2) is 8.00. The van der Waals surface area contributed by atoms with E-state index in [0.29, 0.717) is 41.4 Å². The van der Waals surface area contributed by atoms with E-state index in [0.717, 1.165) is 41.1 Å². The lowest BCUT2D eigenvalue weighted by atomic mass is 9.99. The van der Waals surface area contributed by atoms with Gasteiger partial charge in [-0.05, 0) is 56.7 Å². The number of aliphatic hydroxyl groups is 1. The van der Waals surface area contributed by atoms with Crippen molar-refractivity contribution in [2.24, 2.45) is 15.7 Å². The molecule has 0 aliphatic heterocycles. The lowest BCUT2D eigenvalue weighted by Gasteiger charge is -2.13. The fourth-order valence-corrected chi connectivity index (χ4v) is 4.62. The first-order valence-electron chi connectivity index (χ1n) is 10.8. The molecule has 0 amide bonds. The number of hydrogen-bond acceptors (Lipinski definition) is 7. The van der Waals surface area contributed by atoms with Crippen molar-refractivity contribution in [3.8, 4) is 16.9 Å². The van der Waals surface area contributed by atoms with Gasteiger partial charge >= 0.3 is 5.97 Å². The van der Waals surface area contributed by atoms with Crippen molar-refractivity contribution in [1.29, 1.82) is 0 Å². The number of aromatic nitrogens is 2. The smallest absolute Gasteiger partial charge is 0.337 e. The zero-order valence-electron chi connectivity index (χ0n) is 18.5. The highest BCUT2D eigenvalue weighted by Gasteiger charge is 2.40. The number of hydrogen-bond donors (Lipinski definition) is 2. The summed E-state index contributed by atoms with van der Waals surface area (Å²) >= 11 is 0. The van der Waals surface area contributed by atoms with Gasteiger partial charge in [-0.3, -0.25) is 9.56 Å². The third kappa shape index (κ3) is 3.27. The van der Waals surface area contributed by atoms with Crippen LogP contribution < -0.4 is 5.73 Å². The lowest BCUT2D eigenvalue weighted by Crippen LogP contribution is -2.14. The minimum atomic E-state index is -0.697. The Bertz CT molecular complexity index is 1280. The maximum Gasteiger partial charge on any atom is 0.337 e. The van der Waals surface area contributed by atoms with Gasteiger partial charge < -0.3 is 20.1 Å². The second-order valence-electron chi connectivity index (χ2n) is 8.30. The highest BCUT2D eigenvalue weighted by atomic mass is 16.5. The van der Waals surface area contributed by atoms with E-state index in [1.807, 2.05) is 16.7 Å². The molecule has 5 rings (SSSR count). The first kappa shape index (κ1) is 21.1. The first-order valence-corrected chi connectivity index (χ1v) is 10.8. The summed E-state index contributed by atoms with van der Waals surface area (Å²) in [5.41, 5.74) is 11.1. The van der Waals surface area contributed by atoms with Gasteiger partial charge in [-0.1, -0.05) is 5.16 Å². The average Bonchev–Trinajstić information content (AvgIpc) is 3.54. The predicted molar refractivity (Wildman–Crippen MR) is 124 cm³/mol. The zero-order valence-corrected chi connectivity index (χ0v) is 18.5. The van der Waals surface area contributed by atoms with Crippen LogP contribution in [0.3, 0.4) is 0 Å². The number of rotatable bonds is 5. The highest BCUT2D eigenvalue weighted by Crippen LogP contribution is 2.50. The normalized spacial score (nSPS) is 17.8. The van der Waals surface area contributed by atoms with Crippen molar-refractivity contribution in [3.63, 3.8) is 0 Å². The molecule has 2 heterocycles. The number of aliphatic imine (C=N–C) groups is 2. The fraction of sp³-hybridized carbons (Fsp3) is 0.333. The Morgan fingerprint density at radius 1 is 1.30 bits per heavy atom. The Kier molecular flexibility index (Phi) is 5.13. The van der Waals surface area contributed by atoms with E-state index in [4.69, 9.17) is 15.0 Å². The topological polar surface area (TPSA) is 128 Å². The summed E-state index contributed by atoms with van der Waals surface area (Å²) < 4.78 is 12.5. The molecule has 9 nitrogen and oxygen atoms in total. The van der Waals surface area contributed by atoms with E-state index in [1.54, 1.807) is 19.2 Å². The maximum absolute atomic E-state index is 11.9. The van der Waals surface area contributed by atoms with Crippen LogP contribution in [-0.4, -0.2) is 47.5 Å². The largest absolute Gasteiger partial charge is 0.465 e. The molecule has 1 aromatic carbocycles. The second-order valence-corrected chi connectivity index (χ2v) is 8.30. The SMILES string of the molecule is C=Nc1c(/C(N)=N\C)c2c(n1-c1ccc(C(=O)OC)cc1)CCC(O)c1c-2noc1C1CC1. The van der Waals surface area contributed by atoms with Crippen LogP contribution in [0.2, 0.25) is 0 Å². The molecular formula is C24H25N5O4. The fourth-order valence-electron chi connectivity index (χ4n) is 4.62. The number of methoxy groups -OCH3 is 1. The molecule has 0 radical (unpaired) electrons. The summed E-state index contributed by atoms with van der Waals surface area (Å²) in [6.07, 6.45) is 2.40. The number of aliphatic hydroxyl groups excluding tert-OH is 1. The number of nitrogens with two attached hydrogens (primary N) is 1. The molecule has 0 bridgehead atoms. The summed E-state index contributed by atoms with van der Waals surface area (Å²) in [5.74, 6) is 1.44. The van der Waals surface area contributed by atoms with Crippen LogP contribution in [0, 0.1) is 0 Å². The Morgan fingerprint density at radius 2 is 2.03 bits per heavy atom. The molecule has 1 unspecified atom stereocenters. The van der Waals surface area contributed by atoms with Crippen molar-refractivity contribution in [1.82, 2.24) is 9.72 Å². The standard InChI is InChI=1S/C24H25N5O4/c1-26-22(25)19-17-15(10-11-16(30)18-20(17)28-33-21(18)12-4-5-12)29(23(19)27-2)14-8-6-13(7-9-14)24(31)32-3/h6-9,12,16,30H,2,4-5,10-11H2,1,3H3,(H2,25,26). The lowest BCUT2D eigenvalue weighted by molar-refractivity contribution is 0.0600. The van der Waals surface area contributed by atoms with Crippen LogP contribution in [0.15, 0.2) is 38.8 Å². The summed E-state index contributed by atoms with van der Waals surface area (Å²) in [5, 5.41) is 15.4. The minimum absolute atomic E-state index is 0.289. The molecule has 0 saturated heterocycles. The van der Waals surface area contributed by atoms with Crippen LogP contribution in [0.5, 0.6) is 0 Å². The van der Waals surface area contributed by atoms with E-state index in [-0.39, 0.29) is 5.84 Å². The van der Waals surface area contributed by atoms with Gasteiger partial charge in [0.15, 0.2) is 0 Å².